The van der Waals surface area contributed by atoms with E-state index in [1.54, 1.807) is 12.1 Å². The maximum absolute atomic E-state index is 12.1. The van der Waals surface area contributed by atoms with Gasteiger partial charge in [-0.3, -0.25) is 4.79 Å². The number of hydrogen-bond donors (Lipinski definition) is 3. The first-order valence-corrected chi connectivity index (χ1v) is 5.88. The summed E-state index contributed by atoms with van der Waals surface area (Å²) in [7, 11) is 0. The van der Waals surface area contributed by atoms with Gasteiger partial charge in [0.2, 0.25) is 0 Å². The maximum atomic E-state index is 12.1. The molecule has 0 aromatic heterocycles. The number of aromatic hydroxyl groups is 3. The van der Waals surface area contributed by atoms with Crippen molar-refractivity contribution >= 4 is 17.4 Å². The lowest BCUT2D eigenvalue weighted by Crippen LogP contribution is -2.04. The molecule has 3 N–H and O–H groups in total. The fraction of sp³-hybridized carbons (Fsp3) is 0.0714. The topological polar surface area (TPSA) is 77.8 Å². The van der Waals surface area contributed by atoms with Crippen LogP contribution in [0.3, 0.4) is 0 Å². The van der Waals surface area contributed by atoms with Gasteiger partial charge in [-0.05, 0) is 23.8 Å². The quantitative estimate of drug-likeness (QED) is 0.755. The standard InChI is InChI=1S/C14H11ClO4/c15-11-6-10(17)7-13(19)14(11)12(18)5-8-1-3-9(16)4-2-8/h1-4,6-7,16-17,19H,5H2. The minimum Gasteiger partial charge on any atom is -0.508 e. The highest BCUT2D eigenvalue weighted by molar-refractivity contribution is 6.34. The normalized spacial score (nSPS) is 10.4. The molecule has 0 saturated heterocycles. The zero-order chi connectivity index (χ0) is 14.0. The molecule has 0 atom stereocenters. The number of ketones is 1. The Balaban J connectivity index is 2.28. The smallest absolute Gasteiger partial charge is 0.172 e. The molecular weight excluding hydrogens is 268 g/mol. The molecule has 2 aromatic carbocycles. The van der Waals surface area contributed by atoms with E-state index in [-0.39, 0.29) is 40.0 Å². The second-order valence-electron chi connectivity index (χ2n) is 4.09. The summed E-state index contributed by atoms with van der Waals surface area (Å²) in [5, 5.41) is 28.1. The highest BCUT2D eigenvalue weighted by atomic mass is 35.5. The first kappa shape index (κ1) is 13.2. The number of phenols is 3. The second kappa shape index (κ2) is 5.20. The summed E-state index contributed by atoms with van der Waals surface area (Å²) in [6.07, 6.45) is 0.0400. The van der Waals surface area contributed by atoms with Gasteiger partial charge in [0.15, 0.2) is 5.78 Å². The zero-order valence-electron chi connectivity index (χ0n) is 9.80. The maximum Gasteiger partial charge on any atom is 0.172 e. The van der Waals surface area contributed by atoms with Crippen LogP contribution in [0.5, 0.6) is 17.2 Å². The van der Waals surface area contributed by atoms with Gasteiger partial charge in [-0.1, -0.05) is 23.7 Å². The Hall–Kier alpha value is -2.20. The van der Waals surface area contributed by atoms with Crippen LogP contribution >= 0.6 is 11.6 Å². The molecule has 19 heavy (non-hydrogen) atoms. The molecule has 0 amide bonds. The number of halogens is 1. The minimum absolute atomic E-state index is 0.00118. The van der Waals surface area contributed by atoms with Crippen molar-refractivity contribution < 1.29 is 20.1 Å². The second-order valence-corrected chi connectivity index (χ2v) is 4.50. The zero-order valence-corrected chi connectivity index (χ0v) is 10.6. The van der Waals surface area contributed by atoms with Crippen molar-refractivity contribution in [3.63, 3.8) is 0 Å². The van der Waals surface area contributed by atoms with Crippen molar-refractivity contribution in [2.75, 3.05) is 0 Å². The summed E-state index contributed by atoms with van der Waals surface area (Å²) in [4.78, 5) is 12.1. The Morgan fingerprint density at radius 2 is 1.63 bits per heavy atom. The highest BCUT2D eigenvalue weighted by Crippen LogP contribution is 2.31. The summed E-state index contributed by atoms with van der Waals surface area (Å²) in [5.74, 6) is -0.813. The number of carbonyl (C=O) groups excluding carboxylic acids is 1. The monoisotopic (exact) mass is 278 g/mol. The van der Waals surface area contributed by atoms with Crippen LogP contribution in [0.2, 0.25) is 5.02 Å². The van der Waals surface area contributed by atoms with E-state index in [1.807, 2.05) is 0 Å². The van der Waals surface area contributed by atoms with Gasteiger partial charge in [-0.2, -0.15) is 0 Å². The molecule has 0 aliphatic rings. The van der Waals surface area contributed by atoms with Gasteiger partial charge in [0.05, 0.1) is 10.6 Å². The Labute approximate surface area is 114 Å². The van der Waals surface area contributed by atoms with Crippen LogP contribution in [0.1, 0.15) is 15.9 Å². The first-order valence-electron chi connectivity index (χ1n) is 5.50. The van der Waals surface area contributed by atoms with Crippen molar-refractivity contribution in [2.45, 2.75) is 6.42 Å². The van der Waals surface area contributed by atoms with Gasteiger partial charge in [0.25, 0.3) is 0 Å². The Morgan fingerprint density at radius 1 is 1.00 bits per heavy atom. The fourth-order valence-corrected chi connectivity index (χ4v) is 2.06. The molecule has 0 aliphatic heterocycles. The van der Waals surface area contributed by atoms with Crippen LogP contribution in [0.4, 0.5) is 0 Å². The van der Waals surface area contributed by atoms with Crippen molar-refractivity contribution in [3.05, 3.63) is 52.5 Å². The summed E-state index contributed by atoms with van der Waals surface area (Å²) >= 11 is 5.84. The predicted octanol–water partition coefficient (Wildman–Crippen LogP) is 2.88. The molecule has 4 nitrogen and oxygen atoms in total. The van der Waals surface area contributed by atoms with Crippen LogP contribution in [-0.4, -0.2) is 21.1 Å². The van der Waals surface area contributed by atoms with Gasteiger partial charge < -0.3 is 15.3 Å². The predicted molar refractivity (Wildman–Crippen MR) is 70.9 cm³/mol. The SMILES string of the molecule is O=C(Cc1ccc(O)cc1)c1c(O)cc(O)cc1Cl. The summed E-state index contributed by atoms with van der Waals surface area (Å²) in [6.45, 7) is 0. The number of benzene rings is 2. The number of rotatable bonds is 3. The third-order valence-corrected chi connectivity index (χ3v) is 2.93. The first-order chi connectivity index (χ1) is 8.97. The summed E-state index contributed by atoms with van der Waals surface area (Å²) in [5.41, 5.74) is 0.666. The van der Waals surface area contributed by atoms with E-state index in [0.29, 0.717) is 5.56 Å². The third-order valence-electron chi connectivity index (χ3n) is 2.63. The van der Waals surface area contributed by atoms with Crippen LogP contribution in [0.25, 0.3) is 0 Å². The van der Waals surface area contributed by atoms with E-state index < -0.39 is 0 Å². The molecule has 0 heterocycles. The minimum atomic E-state index is -0.367. The Kier molecular flexibility index (Phi) is 3.62. The molecule has 0 unspecified atom stereocenters. The Morgan fingerprint density at radius 3 is 2.21 bits per heavy atom. The van der Waals surface area contributed by atoms with Crippen LogP contribution in [0, 0.1) is 0 Å². The van der Waals surface area contributed by atoms with Gasteiger partial charge >= 0.3 is 0 Å². The molecule has 98 valence electrons. The lowest BCUT2D eigenvalue weighted by molar-refractivity contribution is 0.0990. The molecule has 0 spiro atoms. The molecule has 0 bridgehead atoms. The van der Waals surface area contributed by atoms with Gasteiger partial charge in [-0.25, -0.2) is 0 Å². The largest absolute Gasteiger partial charge is 0.508 e. The number of phenolic OH excluding ortho intramolecular Hbond substituents is 3. The van der Waals surface area contributed by atoms with Crippen LogP contribution in [-0.2, 0) is 6.42 Å². The van der Waals surface area contributed by atoms with E-state index in [9.17, 15) is 15.0 Å². The molecule has 0 fully saturated rings. The van der Waals surface area contributed by atoms with E-state index in [4.69, 9.17) is 16.7 Å². The number of hydrogen-bond acceptors (Lipinski definition) is 4. The molecule has 0 saturated carbocycles. The fourth-order valence-electron chi connectivity index (χ4n) is 1.74. The molecular formula is C14H11ClO4. The van der Waals surface area contributed by atoms with Gasteiger partial charge in [-0.15, -0.1) is 0 Å². The molecule has 5 heteroatoms. The van der Waals surface area contributed by atoms with Gasteiger partial charge in [0.1, 0.15) is 17.2 Å². The van der Waals surface area contributed by atoms with E-state index in [0.717, 1.165) is 6.07 Å². The Bertz CT molecular complexity index is 597. The number of carbonyl (C=O) groups is 1. The lowest BCUT2D eigenvalue weighted by Gasteiger charge is -2.07. The van der Waals surface area contributed by atoms with Gasteiger partial charge in [0, 0.05) is 12.5 Å². The molecule has 0 radical (unpaired) electrons. The molecule has 0 aliphatic carbocycles. The molecule has 2 rings (SSSR count). The summed E-state index contributed by atoms with van der Waals surface area (Å²) < 4.78 is 0. The third kappa shape index (κ3) is 2.98. The number of Topliss-reactive ketones (excluding diaryl/α,β-unsaturated/α-hetero) is 1. The van der Waals surface area contributed by atoms with Crippen LogP contribution < -0.4 is 0 Å². The molecule has 2 aromatic rings. The van der Waals surface area contributed by atoms with E-state index in [1.165, 1.54) is 18.2 Å². The van der Waals surface area contributed by atoms with Crippen molar-refractivity contribution in [3.8, 4) is 17.2 Å². The van der Waals surface area contributed by atoms with E-state index in [2.05, 4.69) is 0 Å². The van der Waals surface area contributed by atoms with Crippen molar-refractivity contribution in [1.29, 1.82) is 0 Å². The highest BCUT2D eigenvalue weighted by Gasteiger charge is 2.17. The lowest BCUT2D eigenvalue weighted by atomic mass is 10.0. The average molecular weight is 279 g/mol. The summed E-state index contributed by atoms with van der Waals surface area (Å²) in [6, 6.07) is 8.43. The van der Waals surface area contributed by atoms with E-state index >= 15 is 0 Å². The van der Waals surface area contributed by atoms with Crippen molar-refractivity contribution in [2.24, 2.45) is 0 Å². The average Bonchev–Trinajstić information content (AvgIpc) is 2.30. The van der Waals surface area contributed by atoms with Crippen LogP contribution in [0.15, 0.2) is 36.4 Å². The van der Waals surface area contributed by atoms with Crippen molar-refractivity contribution in [1.82, 2.24) is 0 Å².